The fourth-order valence-electron chi connectivity index (χ4n) is 1.44. The van der Waals surface area contributed by atoms with E-state index in [1.165, 1.54) is 4.57 Å². The number of ether oxygens (including phenoxy) is 1. The van der Waals surface area contributed by atoms with Gasteiger partial charge in [0.2, 0.25) is 0 Å². The van der Waals surface area contributed by atoms with E-state index in [1.807, 2.05) is 34.6 Å². The summed E-state index contributed by atoms with van der Waals surface area (Å²) in [5, 5.41) is 7.29. The Morgan fingerprint density at radius 3 is 2.32 bits per heavy atom. The van der Waals surface area contributed by atoms with E-state index in [4.69, 9.17) is 15.4 Å². The Hall–Kier alpha value is -0.660. The minimum absolute atomic E-state index is 0.190. The van der Waals surface area contributed by atoms with Crippen molar-refractivity contribution < 1.29 is 13.2 Å². The second-order valence-corrected chi connectivity index (χ2v) is 8.20. The molecule has 0 saturated heterocycles. The Kier molecular flexibility index (Phi) is 4.97. The molecule has 0 fully saturated rings. The van der Waals surface area contributed by atoms with Crippen molar-refractivity contribution in [2.45, 2.75) is 58.5 Å². The standard InChI is InChI=1S/C11H20ClN3O3S/c1-8(2)6-15-9(7-18-11(3,4)5)13-14-10(15)19(12,16)17/h8H,6-7H2,1-5H3. The lowest BCUT2D eigenvalue weighted by Crippen LogP contribution is -2.21. The molecule has 110 valence electrons. The molecule has 0 amide bonds. The Balaban J connectivity index is 3.08. The van der Waals surface area contributed by atoms with Gasteiger partial charge in [-0.1, -0.05) is 13.8 Å². The first-order valence-corrected chi connectivity index (χ1v) is 8.32. The highest BCUT2D eigenvalue weighted by atomic mass is 35.7. The molecular formula is C11H20ClN3O3S. The lowest BCUT2D eigenvalue weighted by atomic mass is 10.2. The number of aromatic nitrogens is 3. The third-order valence-electron chi connectivity index (χ3n) is 2.19. The fourth-order valence-corrected chi connectivity index (χ4v) is 2.36. The molecule has 0 aliphatic rings. The van der Waals surface area contributed by atoms with Crippen molar-refractivity contribution in [1.82, 2.24) is 14.8 Å². The van der Waals surface area contributed by atoms with E-state index >= 15 is 0 Å². The second-order valence-electron chi connectivity index (χ2n) is 5.74. The summed E-state index contributed by atoms with van der Waals surface area (Å²) >= 11 is 0. The first kappa shape index (κ1) is 16.4. The molecule has 19 heavy (non-hydrogen) atoms. The average molecular weight is 310 g/mol. The first-order valence-electron chi connectivity index (χ1n) is 6.01. The molecule has 1 aromatic rings. The van der Waals surface area contributed by atoms with Crippen LogP contribution in [0, 0.1) is 5.92 Å². The fraction of sp³-hybridized carbons (Fsp3) is 0.818. The zero-order valence-electron chi connectivity index (χ0n) is 11.8. The Morgan fingerprint density at radius 2 is 1.89 bits per heavy atom. The lowest BCUT2D eigenvalue weighted by molar-refractivity contribution is -0.0197. The molecule has 1 aromatic heterocycles. The molecule has 8 heteroatoms. The molecule has 0 aliphatic heterocycles. The van der Waals surface area contributed by atoms with E-state index in [1.54, 1.807) is 0 Å². The number of rotatable bonds is 5. The summed E-state index contributed by atoms with van der Waals surface area (Å²) in [6.45, 7) is 10.3. The van der Waals surface area contributed by atoms with Gasteiger partial charge in [-0.2, -0.15) is 0 Å². The van der Waals surface area contributed by atoms with Gasteiger partial charge in [-0.25, -0.2) is 8.42 Å². The van der Waals surface area contributed by atoms with Crippen molar-refractivity contribution in [3.63, 3.8) is 0 Å². The summed E-state index contributed by atoms with van der Waals surface area (Å²) in [6, 6.07) is 0. The predicted octanol–water partition coefficient (Wildman–Crippen LogP) is 2.18. The van der Waals surface area contributed by atoms with Gasteiger partial charge in [0.05, 0.1) is 5.60 Å². The topological polar surface area (TPSA) is 74.1 Å². The maximum atomic E-state index is 11.5. The summed E-state index contributed by atoms with van der Waals surface area (Å²) in [5.41, 5.74) is -0.339. The third kappa shape index (κ3) is 5.08. The van der Waals surface area contributed by atoms with Crippen LogP contribution in [-0.4, -0.2) is 28.8 Å². The molecule has 0 atom stereocenters. The Bertz CT molecular complexity index is 532. The SMILES string of the molecule is CC(C)Cn1c(COC(C)(C)C)nnc1S(=O)(=O)Cl. The van der Waals surface area contributed by atoms with Gasteiger partial charge < -0.3 is 4.74 Å². The Labute approximate surface area is 118 Å². The van der Waals surface area contributed by atoms with Gasteiger partial charge in [0.15, 0.2) is 5.82 Å². The molecule has 1 heterocycles. The van der Waals surface area contributed by atoms with Gasteiger partial charge >= 0.3 is 0 Å². The molecule has 0 saturated carbocycles. The van der Waals surface area contributed by atoms with Crippen molar-refractivity contribution >= 4 is 19.7 Å². The van der Waals surface area contributed by atoms with Gasteiger partial charge in [-0.3, -0.25) is 4.57 Å². The zero-order chi connectivity index (χ0) is 14.8. The quantitative estimate of drug-likeness (QED) is 0.779. The molecule has 0 aromatic carbocycles. The van der Waals surface area contributed by atoms with E-state index in [0.717, 1.165) is 0 Å². The number of hydrogen-bond acceptors (Lipinski definition) is 5. The van der Waals surface area contributed by atoms with Crippen molar-refractivity contribution in [3.8, 4) is 0 Å². The normalized spacial score (nSPS) is 13.2. The second kappa shape index (κ2) is 5.76. The summed E-state index contributed by atoms with van der Waals surface area (Å²) in [6.07, 6.45) is 0. The summed E-state index contributed by atoms with van der Waals surface area (Å²) < 4.78 is 30.0. The lowest BCUT2D eigenvalue weighted by Gasteiger charge is -2.19. The van der Waals surface area contributed by atoms with Crippen LogP contribution in [-0.2, 0) is 26.9 Å². The van der Waals surface area contributed by atoms with Crippen molar-refractivity contribution in [3.05, 3.63) is 5.82 Å². The van der Waals surface area contributed by atoms with Crippen molar-refractivity contribution in [2.24, 2.45) is 5.92 Å². The van der Waals surface area contributed by atoms with E-state index in [2.05, 4.69) is 10.2 Å². The van der Waals surface area contributed by atoms with Gasteiger partial charge in [-0.15, -0.1) is 10.2 Å². The molecule has 0 spiro atoms. The highest BCUT2D eigenvalue weighted by Crippen LogP contribution is 2.18. The highest BCUT2D eigenvalue weighted by molar-refractivity contribution is 8.13. The van der Waals surface area contributed by atoms with Crippen LogP contribution >= 0.6 is 10.7 Å². The van der Waals surface area contributed by atoms with Crippen LogP contribution in [0.5, 0.6) is 0 Å². The van der Waals surface area contributed by atoms with Crippen LogP contribution in [0.1, 0.15) is 40.4 Å². The van der Waals surface area contributed by atoms with Gasteiger partial charge in [0.1, 0.15) is 6.61 Å². The molecule has 0 N–H and O–H groups in total. The Morgan fingerprint density at radius 1 is 1.32 bits per heavy atom. The van der Waals surface area contributed by atoms with Crippen LogP contribution in [0.25, 0.3) is 0 Å². The number of halogens is 1. The van der Waals surface area contributed by atoms with Crippen molar-refractivity contribution in [1.29, 1.82) is 0 Å². The van der Waals surface area contributed by atoms with E-state index in [0.29, 0.717) is 12.4 Å². The molecule has 0 radical (unpaired) electrons. The minimum atomic E-state index is -3.91. The molecule has 1 rings (SSSR count). The average Bonchev–Trinajstić information content (AvgIpc) is 2.55. The molecule has 6 nitrogen and oxygen atoms in total. The smallest absolute Gasteiger partial charge is 0.296 e. The van der Waals surface area contributed by atoms with E-state index < -0.39 is 9.05 Å². The third-order valence-corrected chi connectivity index (χ3v) is 3.35. The van der Waals surface area contributed by atoms with Gasteiger partial charge in [0, 0.05) is 17.2 Å². The first-order chi connectivity index (χ1) is 8.50. The monoisotopic (exact) mass is 309 g/mol. The van der Waals surface area contributed by atoms with E-state index in [9.17, 15) is 8.42 Å². The highest BCUT2D eigenvalue weighted by Gasteiger charge is 2.24. The zero-order valence-corrected chi connectivity index (χ0v) is 13.4. The summed E-state index contributed by atoms with van der Waals surface area (Å²) in [4.78, 5) is 0. The molecule has 0 aliphatic carbocycles. The number of nitrogens with zero attached hydrogens (tertiary/aromatic N) is 3. The summed E-state index contributed by atoms with van der Waals surface area (Å²) in [7, 11) is 1.45. The molecule has 0 unspecified atom stereocenters. The largest absolute Gasteiger partial charge is 0.368 e. The van der Waals surface area contributed by atoms with Crippen molar-refractivity contribution in [2.75, 3.05) is 0 Å². The van der Waals surface area contributed by atoms with Crippen LogP contribution < -0.4 is 0 Å². The van der Waals surface area contributed by atoms with Crippen LogP contribution in [0.15, 0.2) is 5.16 Å². The van der Waals surface area contributed by atoms with Crippen LogP contribution in [0.3, 0.4) is 0 Å². The van der Waals surface area contributed by atoms with Crippen LogP contribution in [0.4, 0.5) is 0 Å². The van der Waals surface area contributed by atoms with Gasteiger partial charge in [-0.05, 0) is 26.7 Å². The number of hydrogen-bond donors (Lipinski definition) is 0. The maximum absolute atomic E-state index is 11.5. The van der Waals surface area contributed by atoms with Gasteiger partial charge in [0.25, 0.3) is 14.2 Å². The molecule has 0 bridgehead atoms. The summed E-state index contributed by atoms with van der Waals surface area (Å²) in [5.74, 6) is 0.699. The minimum Gasteiger partial charge on any atom is -0.368 e. The molecular weight excluding hydrogens is 290 g/mol. The van der Waals surface area contributed by atoms with E-state index in [-0.39, 0.29) is 23.3 Å². The maximum Gasteiger partial charge on any atom is 0.296 e. The predicted molar refractivity (Wildman–Crippen MR) is 72.4 cm³/mol. The van der Waals surface area contributed by atoms with Crippen LogP contribution in [0.2, 0.25) is 0 Å².